The normalized spacial score (nSPS) is 29.0. The second-order valence-electron chi connectivity index (χ2n) is 8.84. The molecule has 0 spiro atoms. The molecule has 0 radical (unpaired) electrons. The number of anilines is 1. The molecule has 0 unspecified atom stereocenters. The summed E-state index contributed by atoms with van der Waals surface area (Å²) >= 11 is 0. The fourth-order valence-electron chi connectivity index (χ4n) is 5.74. The molecule has 3 saturated heterocycles. The van der Waals surface area contributed by atoms with E-state index in [2.05, 4.69) is 19.8 Å². The zero-order valence-electron chi connectivity index (χ0n) is 16.8. The van der Waals surface area contributed by atoms with E-state index in [0.717, 1.165) is 49.4 Å². The van der Waals surface area contributed by atoms with Crippen LogP contribution in [0.3, 0.4) is 0 Å². The molecule has 2 bridgehead atoms. The zero-order valence-corrected chi connectivity index (χ0v) is 16.8. The molecule has 6 heteroatoms. The van der Waals surface area contributed by atoms with Gasteiger partial charge in [-0.3, -0.25) is 4.79 Å². The second-order valence-corrected chi connectivity index (χ2v) is 8.84. The Morgan fingerprint density at radius 2 is 2.03 bits per heavy atom. The van der Waals surface area contributed by atoms with Gasteiger partial charge in [-0.25, -0.2) is 14.4 Å². The van der Waals surface area contributed by atoms with Crippen LogP contribution in [0.5, 0.6) is 0 Å². The highest BCUT2D eigenvalue weighted by molar-refractivity contribution is 5.78. The van der Waals surface area contributed by atoms with Crippen LogP contribution in [0.25, 0.3) is 0 Å². The number of fused-ring (bicyclic) bond motifs is 4. The van der Waals surface area contributed by atoms with Crippen LogP contribution in [-0.4, -0.2) is 45.9 Å². The second kappa shape index (κ2) is 7.39. The van der Waals surface area contributed by atoms with Crippen molar-refractivity contribution in [2.75, 3.05) is 18.0 Å². The Morgan fingerprint density at radius 3 is 2.86 bits per heavy atom. The lowest BCUT2D eigenvalue weighted by Crippen LogP contribution is -2.65. The Bertz CT molecular complexity index is 919. The van der Waals surface area contributed by atoms with E-state index in [1.807, 2.05) is 19.1 Å². The van der Waals surface area contributed by atoms with Gasteiger partial charge in [0.25, 0.3) is 0 Å². The van der Waals surface area contributed by atoms with Crippen LogP contribution in [0.15, 0.2) is 36.7 Å². The summed E-state index contributed by atoms with van der Waals surface area (Å²) in [4.78, 5) is 26.3. The van der Waals surface area contributed by atoms with Crippen molar-refractivity contribution in [3.05, 3.63) is 53.7 Å². The fourth-order valence-corrected chi connectivity index (χ4v) is 5.74. The molecule has 1 amide bonds. The lowest BCUT2D eigenvalue weighted by Gasteiger charge is -2.57. The first-order chi connectivity index (χ1) is 14.1. The van der Waals surface area contributed by atoms with E-state index < -0.39 is 0 Å². The molecule has 3 aliphatic rings. The maximum atomic E-state index is 13.8. The number of aromatic nitrogens is 2. The SMILES string of the molecule is Cc1cc(N2C[C@H]3C[C@@H](C2)[C@H](Cc2cccc(F)c2)N2C(=O)CCC[C@@H]32)ncn1. The van der Waals surface area contributed by atoms with E-state index in [0.29, 0.717) is 24.7 Å². The highest BCUT2D eigenvalue weighted by Crippen LogP contribution is 2.43. The minimum atomic E-state index is -0.209. The van der Waals surface area contributed by atoms with Crippen molar-refractivity contribution in [3.8, 4) is 0 Å². The number of nitrogens with zero attached hydrogens (tertiary/aromatic N) is 4. The third-order valence-corrected chi connectivity index (χ3v) is 6.94. The van der Waals surface area contributed by atoms with Gasteiger partial charge in [-0.05, 0) is 62.1 Å². The molecule has 3 aliphatic heterocycles. The van der Waals surface area contributed by atoms with Crippen molar-refractivity contribution in [1.82, 2.24) is 14.9 Å². The van der Waals surface area contributed by atoms with E-state index in [1.165, 1.54) is 6.07 Å². The van der Waals surface area contributed by atoms with Gasteiger partial charge in [0, 0.05) is 43.4 Å². The summed E-state index contributed by atoms with van der Waals surface area (Å²) in [7, 11) is 0. The number of carbonyl (C=O) groups excluding carboxylic acids is 1. The summed E-state index contributed by atoms with van der Waals surface area (Å²) in [5, 5.41) is 0. The Balaban J connectivity index is 1.47. The van der Waals surface area contributed by atoms with Gasteiger partial charge in [0.2, 0.25) is 5.91 Å². The van der Waals surface area contributed by atoms with Gasteiger partial charge in [0.05, 0.1) is 0 Å². The van der Waals surface area contributed by atoms with Crippen LogP contribution < -0.4 is 4.90 Å². The monoisotopic (exact) mass is 394 g/mol. The summed E-state index contributed by atoms with van der Waals surface area (Å²) in [5.74, 6) is 1.89. The molecule has 0 saturated carbocycles. The summed E-state index contributed by atoms with van der Waals surface area (Å²) in [6.45, 7) is 3.81. The van der Waals surface area contributed by atoms with Gasteiger partial charge in [-0.1, -0.05) is 12.1 Å². The summed E-state index contributed by atoms with van der Waals surface area (Å²) in [5.41, 5.74) is 1.94. The van der Waals surface area contributed by atoms with Crippen molar-refractivity contribution < 1.29 is 9.18 Å². The van der Waals surface area contributed by atoms with Crippen LogP contribution in [0.4, 0.5) is 10.2 Å². The molecule has 152 valence electrons. The van der Waals surface area contributed by atoms with E-state index in [-0.39, 0.29) is 23.8 Å². The molecule has 1 aromatic carbocycles. The molecule has 0 aliphatic carbocycles. The first-order valence-electron chi connectivity index (χ1n) is 10.7. The summed E-state index contributed by atoms with van der Waals surface area (Å²) < 4.78 is 13.8. The zero-order chi connectivity index (χ0) is 20.0. The average Bonchev–Trinajstić information content (AvgIpc) is 2.71. The number of aryl methyl sites for hydroxylation is 1. The van der Waals surface area contributed by atoms with Gasteiger partial charge in [0.1, 0.15) is 18.0 Å². The molecule has 0 N–H and O–H groups in total. The Hall–Kier alpha value is -2.50. The number of amides is 1. The largest absolute Gasteiger partial charge is 0.356 e. The van der Waals surface area contributed by atoms with E-state index in [4.69, 9.17) is 0 Å². The van der Waals surface area contributed by atoms with E-state index >= 15 is 0 Å². The molecule has 4 heterocycles. The fraction of sp³-hybridized carbons (Fsp3) is 0.522. The lowest BCUT2D eigenvalue weighted by molar-refractivity contribution is -0.148. The predicted molar refractivity (Wildman–Crippen MR) is 109 cm³/mol. The molecule has 1 aromatic heterocycles. The van der Waals surface area contributed by atoms with Crippen molar-refractivity contribution in [2.24, 2.45) is 11.8 Å². The first-order valence-corrected chi connectivity index (χ1v) is 10.7. The van der Waals surface area contributed by atoms with Gasteiger partial charge in [0.15, 0.2) is 0 Å². The van der Waals surface area contributed by atoms with Crippen LogP contribution in [-0.2, 0) is 11.2 Å². The Morgan fingerprint density at radius 1 is 1.17 bits per heavy atom. The maximum absolute atomic E-state index is 13.8. The molecule has 4 atom stereocenters. The van der Waals surface area contributed by atoms with Gasteiger partial charge in [-0.2, -0.15) is 0 Å². The molecule has 2 aromatic rings. The highest BCUT2D eigenvalue weighted by atomic mass is 19.1. The predicted octanol–water partition coefficient (Wildman–Crippen LogP) is 3.37. The molecule has 5 rings (SSSR count). The lowest BCUT2D eigenvalue weighted by atomic mass is 9.70. The maximum Gasteiger partial charge on any atom is 0.223 e. The number of hydrogen-bond donors (Lipinski definition) is 0. The van der Waals surface area contributed by atoms with Crippen LogP contribution in [0, 0.1) is 24.6 Å². The van der Waals surface area contributed by atoms with Crippen molar-refractivity contribution in [2.45, 2.75) is 51.1 Å². The summed E-state index contributed by atoms with van der Waals surface area (Å²) in [6, 6.07) is 9.30. The van der Waals surface area contributed by atoms with Crippen LogP contribution in [0.2, 0.25) is 0 Å². The topological polar surface area (TPSA) is 49.3 Å². The number of rotatable bonds is 3. The number of piperidine rings is 3. The molecular weight excluding hydrogens is 367 g/mol. The first kappa shape index (κ1) is 18.5. The van der Waals surface area contributed by atoms with Gasteiger partial charge < -0.3 is 9.80 Å². The molecular formula is C23H27FN4O. The third-order valence-electron chi connectivity index (χ3n) is 6.94. The van der Waals surface area contributed by atoms with E-state index in [9.17, 15) is 9.18 Å². The number of benzene rings is 1. The number of halogens is 1. The van der Waals surface area contributed by atoms with Crippen molar-refractivity contribution >= 4 is 11.7 Å². The minimum Gasteiger partial charge on any atom is -0.356 e. The quantitative estimate of drug-likeness (QED) is 0.801. The third kappa shape index (κ3) is 3.49. The minimum absolute atomic E-state index is 0.122. The highest BCUT2D eigenvalue weighted by Gasteiger charge is 2.49. The average molecular weight is 394 g/mol. The number of hydrogen-bond acceptors (Lipinski definition) is 4. The van der Waals surface area contributed by atoms with Gasteiger partial charge >= 0.3 is 0 Å². The molecule has 29 heavy (non-hydrogen) atoms. The Kier molecular flexibility index (Phi) is 4.72. The number of carbonyl (C=O) groups is 1. The van der Waals surface area contributed by atoms with Crippen LogP contribution >= 0.6 is 0 Å². The van der Waals surface area contributed by atoms with Gasteiger partial charge in [-0.15, -0.1) is 0 Å². The summed E-state index contributed by atoms with van der Waals surface area (Å²) in [6.07, 6.45) is 6.17. The molecule has 5 nitrogen and oxygen atoms in total. The standard InChI is InChI=1S/C23H27FN4O/c1-15-8-22(26-14-25-15)27-12-17-11-18(13-27)21(10-16-4-2-5-19(24)9-16)28-20(17)6-3-7-23(28)29/h2,4-5,8-9,14,17-18,20-21H,3,6-7,10-13H2,1H3/t17-,18+,20+,21+/m1/s1. The van der Waals surface area contributed by atoms with Crippen molar-refractivity contribution in [1.29, 1.82) is 0 Å². The smallest absolute Gasteiger partial charge is 0.223 e. The Labute approximate surface area is 171 Å². The van der Waals surface area contributed by atoms with Crippen molar-refractivity contribution in [3.63, 3.8) is 0 Å². The molecule has 3 fully saturated rings. The van der Waals surface area contributed by atoms with E-state index in [1.54, 1.807) is 18.5 Å². The van der Waals surface area contributed by atoms with Crippen LogP contribution in [0.1, 0.15) is 36.9 Å².